The molecule has 1 aromatic carbocycles. The highest BCUT2D eigenvalue weighted by molar-refractivity contribution is 6.04. The van der Waals surface area contributed by atoms with E-state index in [0.717, 1.165) is 0 Å². The summed E-state index contributed by atoms with van der Waals surface area (Å²) in [6.07, 6.45) is -4.18. The Morgan fingerprint density at radius 2 is 1.79 bits per heavy atom. The second-order valence-electron chi connectivity index (χ2n) is 8.18. The molecule has 2 amide bonds. The number of rotatable bonds is 2. The predicted molar refractivity (Wildman–Crippen MR) is 95.0 cm³/mol. The fourth-order valence-electron chi connectivity index (χ4n) is 3.51. The van der Waals surface area contributed by atoms with Gasteiger partial charge in [-0.05, 0) is 45.7 Å². The monoisotopic (exact) mass is 400 g/mol. The number of benzene rings is 1. The van der Waals surface area contributed by atoms with Crippen molar-refractivity contribution < 1.29 is 32.2 Å². The van der Waals surface area contributed by atoms with Crippen molar-refractivity contribution in [2.75, 3.05) is 24.5 Å². The van der Waals surface area contributed by atoms with Crippen molar-refractivity contribution in [1.29, 1.82) is 0 Å². The van der Waals surface area contributed by atoms with Gasteiger partial charge in [0.15, 0.2) is 0 Å². The Labute approximate surface area is 161 Å². The number of hydrogen-bond acceptors (Lipinski definition) is 4. The minimum absolute atomic E-state index is 0.138. The van der Waals surface area contributed by atoms with Crippen LogP contribution in [0.1, 0.15) is 33.6 Å². The quantitative estimate of drug-likeness (QED) is 0.706. The van der Waals surface area contributed by atoms with Crippen LogP contribution >= 0.6 is 0 Å². The number of alkyl halides is 3. The number of anilines is 1. The third-order valence-corrected chi connectivity index (χ3v) is 4.89. The van der Waals surface area contributed by atoms with Gasteiger partial charge >= 0.3 is 12.5 Å². The number of hydrogen-bond donors (Lipinski definition) is 0. The maximum Gasteiger partial charge on any atom is 0.573 e. The van der Waals surface area contributed by atoms with Gasteiger partial charge in [-0.3, -0.25) is 4.79 Å². The van der Waals surface area contributed by atoms with Gasteiger partial charge in [0.2, 0.25) is 5.91 Å². The van der Waals surface area contributed by atoms with Crippen LogP contribution in [0.15, 0.2) is 24.3 Å². The molecular formula is C19H23F3N2O4. The van der Waals surface area contributed by atoms with E-state index in [1.54, 1.807) is 31.7 Å². The zero-order valence-electron chi connectivity index (χ0n) is 16.0. The Hall–Kier alpha value is -2.45. The van der Waals surface area contributed by atoms with Gasteiger partial charge in [0.25, 0.3) is 0 Å². The minimum Gasteiger partial charge on any atom is -0.444 e. The summed E-state index contributed by atoms with van der Waals surface area (Å²) < 4.78 is 46.4. The lowest BCUT2D eigenvalue weighted by atomic mass is 9.71. The van der Waals surface area contributed by atoms with E-state index in [1.165, 1.54) is 23.1 Å². The Bertz CT molecular complexity index is 765. The molecule has 2 aliphatic heterocycles. The van der Waals surface area contributed by atoms with Crippen molar-refractivity contribution in [2.24, 2.45) is 5.41 Å². The van der Waals surface area contributed by atoms with Crippen molar-refractivity contribution >= 4 is 17.7 Å². The number of piperidine rings is 1. The highest BCUT2D eigenvalue weighted by atomic mass is 19.4. The second-order valence-corrected chi connectivity index (χ2v) is 8.18. The van der Waals surface area contributed by atoms with Gasteiger partial charge in [-0.25, -0.2) is 4.79 Å². The van der Waals surface area contributed by atoms with E-state index in [4.69, 9.17) is 4.74 Å². The van der Waals surface area contributed by atoms with E-state index in [-0.39, 0.29) is 11.7 Å². The van der Waals surface area contributed by atoms with Crippen molar-refractivity contribution in [3.63, 3.8) is 0 Å². The molecule has 0 saturated carbocycles. The van der Waals surface area contributed by atoms with E-state index in [0.29, 0.717) is 38.2 Å². The molecule has 0 aromatic heterocycles. The first kappa shape index (κ1) is 20.3. The molecule has 0 unspecified atom stereocenters. The number of likely N-dealkylation sites (tertiary alicyclic amines) is 1. The molecule has 0 N–H and O–H groups in total. The highest BCUT2D eigenvalue weighted by Crippen LogP contribution is 2.44. The number of carbonyl (C=O) groups excluding carboxylic acids is 2. The molecule has 2 saturated heterocycles. The Morgan fingerprint density at radius 3 is 2.32 bits per heavy atom. The third kappa shape index (κ3) is 4.34. The van der Waals surface area contributed by atoms with Crippen LogP contribution < -0.4 is 9.64 Å². The number of nitrogens with zero attached hydrogens (tertiary/aromatic N) is 2. The highest BCUT2D eigenvalue weighted by Gasteiger charge is 2.54. The minimum atomic E-state index is -4.78. The molecule has 0 bridgehead atoms. The molecule has 0 radical (unpaired) electrons. The topological polar surface area (TPSA) is 59.1 Å². The summed E-state index contributed by atoms with van der Waals surface area (Å²) in [5.41, 5.74) is -0.787. The number of amides is 2. The number of β-lactam (4-membered cyclic amide) rings is 1. The number of ether oxygens (including phenoxy) is 2. The average molecular weight is 400 g/mol. The maximum absolute atomic E-state index is 12.8. The molecule has 154 valence electrons. The van der Waals surface area contributed by atoms with Gasteiger partial charge < -0.3 is 19.3 Å². The first-order chi connectivity index (χ1) is 12.9. The first-order valence-corrected chi connectivity index (χ1v) is 9.04. The Morgan fingerprint density at radius 1 is 1.14 bits per heavy atom. The van der Waals surface area contributed by atoms with Crippen LogP contribution in [-0.2, 0) is 9.53 Å². The van der Waals surface area contributed by atoms with Crippen molar-refractivity contribution in [2.45, 2.75) is 45.6 Å². The van der Waals surface area contributed by atoms with E-state index < -0.39 is 23.5 Å². The fraction of sp³-hybridized carbons (Fsp3) is 0.579. The van der Waals surface area contributed by atoms with Crippen LogP contribution in [0.25, 0.3) is 0 Å². The normalized spacial score (nSPS) is 19.4. The molecule has 1 aromatic rings. The molecule has 2 aliphatic rings. The van der Waals surface area contributed by atoms with Gasteiger partial charge in [-0.2, -0.15) is 0 Å². The molecule has 0 atom stereocenters. The second kappa shape index (κ2) is 6.86. The van der Waals surface area contributed by atoms with E-state index in [2.05, 4.69) is 4.74 Å². The molecule has 2 fully saturated rings. The number of halogens is 3. The molecular weight excluding hydrogens is 377 g/mol. The smallest absolute Gasteiger partial charge is 0.444 e. The van der Waals surface area contributed by atoms with Gasteiger partial charge in [-0.15, -0.1) is 13.2 Å². The number of carbonyl (C=O) groups is 2. The average Bonchev–Trinajstić information content (AvgIpc) is 2.57. The lowest BCUT2D eigenvalue weighted by Crippen LogP contribution is -2.65. The zero-order chi connectivity index (χ0) is 20.7. The van der Waals surface area contributed by atoms with Gasteiger partial charge in [0.1, 0.15) is 11.4 Å². The Balaban J connectivity index is 1.60. The molecule has 0 aliphatic carbocycles. The van der Waals surface area contributed by atoms with Crippen molar-refractivity contribution in [3.8, 4) is 5.75 Å². The molecule has 1 spiro atoms. The third-order valence-electron chi connectivity index (χ3n) is 4.89. The van der Waals surface area contributed by atoms with E-state index in [1.807, 2.05) is 0 Å². The molecule has 2 heterocycles. The standard InChI is InChI=1S/C19H23F3N2O4/c1-17(2,3)28-16(26)23-9-7-18(8-10-23)12-24(15(18)25)13-5-4-6-14(11-13)27-19(20,21)22/h4-6,11H,7-10,12H2,1-3H3. The summed E-state index contributed by atoms with van der Waals surface area (Å²) >= 11 is 0. The SMILES string of the molecule is CC(C)(C)OC(=O)N1CCC2(CC1)CN(c1cccc(OC(F)(F)F)c1)C2=O. The van der Waals surface area contributed by atoms with Gasteiger partial charge in [0, 0.05) is 31.4 Å². The van der Waals surface area contributed by atoms with Crippen LogP contribution in [0.2, 0.25) is 0 Å². The van der Waals surface area contributed by atoms with Crippen LogP contribution in [0, 0.1) is 5.41 Å². The predicted octanol–water partition coefficient (Wildman–Crippen LogP) is 3.95. The maximum atomic E-state index is 12.8. The molecule has 9 heteroatoms. The Kier molecular flexibility index (Phi) is 4.97. The summed E-state index contributed by atoms with van der Waals surface area (Å²) in [6.45, 7) is 6.60. The van der Waals surface area contributed by atoms with Crippen LogP contribution in [0.5, 0.6) is 5.75 Å². The first-order valence-electron chi connectivity index (χ1n) is 9.04. The zero-order valence-corrected chi connectivity index (χ0v) is 16.0. The molecule has 3 rings (SSSR count). The van der Waals surface area contributed by atoms with E-state index in [9.17, 15) is 22.8 Å². The largest absolute Gasteiger partial charge is 0.573 e. The van der Waals surface area contributed by atoms with Gasteiger partial charge in [0.05, 0.1) is 5.41 Å². The summed E-state index contributed by atoms with van der Waals surface area (Å²) in [7, 11) is 0. The molecule has 6 nitrogen and oxygen atoms in total. The lowest BCUT2D eigenvalue weighted by Gasteiger charge is -2.52. The van der Waals surface area contributed by atoms with Crippen LogP contribution in [0.3, 0.4) is 0 Å². The summed E-state index contributed by atoms with van der Waals surface area (Å²) in [5, 5.41) is 0. The summed E-state index contributed by atoms with van der Waals surface area (Å²) in [5.74, 6) is -0.501. The van der Waals surface area contributed by atoms with Gasteiger partial charge in [-0.1, -0.05) is 6.07 Å². The molecule has 28 heavy (non-hydrogen) atoms. The summed E-state index contributed by atoms with van der Waals surface area (Å²) in [6, 6.07) is 5.38. The van der Waals surface area contributed by atoms with Crippen LogP contribution in [0.4, 0.5) is 23.7 Å². The van der Waals surface area contributed by atoms with E-state index >= 15 is 0 Å². The van der Waals surface area contributed by atoms with Crippen molar-refractivity contribution in [1.82, 2.24) is 4.90 Å². The fourth-order valence-corrected chi connectivity index (χ4v) is 3.51. The van der Waals surface area contributed by atoms with Crippen LogP contribution in [-0.4, -0.2) is 48.5 Å². The lowest BCUT2D eigenvalue weighted by molar-refractivity contribution is -0.274. The van der Waals surface area contributed by atoms with Crippen molar-refractivity contribution in [3.05, 3.63) is 24.3 Å². The summed E-state index contributed by atoms with van der Waals surface area (Å²) in [4.78, 5) is 28.0.